The fraction of sp³-hybridized carbons (Fsp3) is 1.00. The van der Waals surface area contributed by atoms with Crippen molar-refractivity contribution in [2.75, 3.05) is 53.2 Å². The lowest BCUT2D eigenvalue weighted by atomic mass is 10.4. The van der Waals surface area contributed by atoms with E-state index in [9.17, 15) is 0 Å². The summed E-state index contributed by atoms with van der Waals surface area (Å²) >= 11 is 0. The molecule has 0 saturated carbocycles. The first-order valence-electron chi connectivity index (χ1n) is 6.02. The number of hydrazine groups is 1. The van der Waals surface area contributed by atoms with Crippen LogP contribution in [0.5, 0.6) is 0 Å². The average Bonchev–Trinajstić information content (AvgIpc) is 2.31. The summed E-state index contributed by atoms with van der Waals surface area (Å²) in [6.45, 7) is 7.61. The van der Waals surface area contributed by atoms with Gasteiger partial charge in [-0.2, -0.15) is 0 Å². The SMILES string of the molecule is CCOCCCNNCCCOCCOC. The van der Waals surface area contributed by atoms with Gasteiger partial charge in [0.05, 0.1) is 13.2 Å². The molecule has 0 heterocycles. The number of ether oxygens (including phenoxy) is 3. The van der Waals surface area contributed by atoms with Crippen molar-refractivity contribution in [2.45, 2.75) is 19.8 Å². The Morgan fingerprint density at radius 3 is 2.00 bits per heavy atom. The maximum absolute atomic E-state index is 5.32. The Balaban J connectivity index is 2.83. The van der Waals surface area contributed by atoms with Crippen LogP contribution in [-0.4, -0.2) is 53.2 Å². The highest BCUT2D eigenvalue weighted by Gasteiger charge is 1.90. The maximum atomic E-state index is 5.32. The molecule has 0 unspecified atom stereocenters. The van der Waals surface area contributed by atoms with E-state index in [1.54, 1.807) is 7.11 Å². The number of hydrogen-bond acceptors (Lipinski definition) is 5. The van der Waals surface area contributed by atoms with Crippen LogP contribution in [0.3, 0.4) is 0 Å². The fourth-order valence-electron chi connectivity index (χ4n) is 1.09. The Bertz CT molecular complexity index is 112. The minimum atomic E-state index is 0.670. The quantitative estimate of drug-likeness (QED) is 0.360. The van der Waals surface area contributed by atoms with E-state index in [0.29, 0.717) is 13.2 Å². The van der Waals surface area contributed by atoms with E-state index in [2.05, 4.69) is 10.9 Å². The Morgan fingerprint density at radius 1 is 0.812 bits per heavy atom. The molecule has 2 N–H and O–H groups in total. The second kappa shape index (κ2) is 14.8. The van der Waals surface area contributed by atoms with Crippen molar-refractivity contribution in [1.29, 1.82) is 0 Å². The van der Waals surface area contributed by atoms with E-state index in [-0.39, 0.29) is 0 Å². The van der Waals surface area contributed by atoms with Crippen LogP contribution >= 0.6 is 0 Å². The molecule has 0 aliphatic heterocycles. The monoisotopic (exact) mass is 234 g/mol. The molecule has 0 saturated heterocycles. The third kappa shape index (κ3) is 13.8. The molecule has 0 rings (SSSR count). The van der Waals surface area contributed by atoms with Crippen LogP contribution in [0, 0.1) is 0 Å². The number of nitrogens with one attached hydrogen (secondary N) is 2. The predicted octanol–water partition coefficient (Wildman–Crippen LogP) is 0.560. The lowest BCUT2D eigenvalue weighted by molar-refractivity contribution is 0.0691. The largest absolute Gasteiger partial charge is 0.382 e. The van der Waals surface area contributed by atoms with E-state index >= 15 is 0 Å². The summed E-state index contributed by atoms with van der Waals surface area (Å²) in [5.74, 6) is 0. The molecule has 16 heavy (non-hydrogen) atoms. The molecular weight excluding hydrogens is 208 g/mol. The highest BCUT2D eigenvalue weighted by atomic mass is 16.5. The van der Waals surface area contributed by atoms with E-state index in [0.717, 1.165) is 45.8 Å². The molecule has 0 amide bonds. The van der Waals surface area contributed by atoms with Crippen LogP contribution in [0.4, 0.5) is 0 Å². The normalized spacial score (nSPS) is 10.9. The molecular formula is C11H26N2O3. The average molecular weight is 234 g/mol. The van der Waals surface area contributed by atoms with E-state index in [1.807, 2.05) is 6.92 Å². The van der Waals surface area contributed by atoms with Gasteiger partial charge in [0.25, 0.3) is 0 Å². The zero-order chi connectivity index (χ0) is 11.9. The van der Waals surface area contributed by atoms with E-state index < -0.39 is 0 Å². The van der Waals surface area contributed by atoms with Crippen molar-refractivity contribution < 1.29 is 14.2 Å². The van der Waals surface area contributed by atoms with Crippen molar-refractivity contribution in [2.24, 2.45) is 0 Å². The summed E-state index contributed by atoms with van der Waals surface area (Å²) in [5, 5.41) is 0. The van der Waals surface area contributed by atoms with Gasteiger partial charge in [-0.15, -0.1) is 0 Å². The molecule has 98 valence electrons. The maximum Gasteiger partial charge on any atom is 0.0700 e. The number of hydrogen-bond donors (Lipinski definition) is 2. The van der Waals surface area contributed by atoms with Crippen LogP contribution < -0.4 is 10.9 Å². The standard InChI is InChI=1S/C11H26N2O3/c1-3-15-8-4-6-12-13-7-5-9-16-11-10-14-2/h12-13H,3-11H2,1-2H3. The van der Waals surface area contributed by atoms with Crippen LogP contribution in [0.15, 0.2) is 0 Å². The molecule has 0 atom stereocenters. The Kier molecular flexibility index (Phi) is 14.6. The van der Waals surface area contributed by atoms with Gasteiger partial charge in [0.15, 0.2) is 0 Å². The summed E-state index contributed by atoms with van der Waals surface area (Å²) in [5.41, 5.74) is 6.27. The van der Waals surface area contributed by atoms with Gasteiger partial charge in [-0.1, -0.05) is 0 Å². The fourth-order valence-corrected chi connectivity index (χ4v) is 1.09. The highest BCUT2D eigenvalue weighted by Crippen LogP contribution is 1.81. The molecule has 0 aromatic heterocycles. The first kappa shape index (κ1) is 15.8. The van der Waals surface area contributed by atoms with Crippen LogP contribution in [0.25, 0.3) is 0 Å². The van der Waals surface area contributed by atoms with Crippen LogP contribution in [0.2, 0.25) is 0 Å². The Labute approximate surface area is 98.8 Å². The lowest BCUT2D eigenvalue weighted by Crippen LogP contribution is -2.34. The Morgan fingerprint density at radius 2 is 1.44 bits per heavy atom. The van der Waals surface area contributed by atoms with Gasteiger partial charge in [-0.3, -0.25) is 10.9 Å². The van der Waals surface area contributed by atoms with Gasteiger partial charge >= 0.3 is 0 Å². The van der Waals surface area contributed by atoms with Crippen molar-refractivity contribution in [3.63, 3.8) is 0 Å². The first-order valence-corrected chi connectivity index (χ1v) is 6.02. The first-order chi connectivity index (χ1) is 7.91. The van der Waals surface area contributed by atoms with Crippen molar-refractivity contribution in [1.82, 2.24) is 10.9 Å². The van der Waals surface area contributed by atoms with Gasteiger partial charge in [0.2, 0.25) is 0 Å². The minimum absolute atomic E-state index is 0.670. The lowest BCUT2D eigenvalue weighted by Gasteiger charge is -2.07. The van der Waals surface area contributed by atoms with E-state index in [4.69, 9.17) is 14.2 Å². The summed E-state index contributed by atoms with van der Waals surface area (Å²) in [4.78, 5) is 0. The third-order valence-corrected chi connectivity index (χ3v) is 1.94. The van der Waals surface area contributed by atoms with Gasteiger partial charge in [-0.05, 0) is 19.8 Å². The van der Waals surface area contributed by atoms with Gasteiger partial charge < -0.3 is 14.2 Å². The van der Waals surface area contributed by atoms with Crippen LogP contribution in [-0.2, 0) is 14.2 Å². The molecule has 0 radical (unpaired) electrons. The molecule has 5 heteroatoms. The molecule has 0 bridgehead atoms. The Hall–Kier alpha value is -0.200. The van der Waals surface area contributed by atoms with Gasteiger partial charge in [-0.25, -0.2) is 0 Å². The third-order valence-electron chi connectivity index (χ3n) is 1.94. The minimum Gasteiger partial charge on any atom is -0.382 e. The van der Waals surface area contributed by atoms with Crippen molar-refractivity contribution >= 4 is 0 Å². The molecule has 5 nitrogen and oxygen atoms in total. The zero-order valence-corrected chi connectivity index (χ0v) is 10.6. The zero-order valence-electron chi connectivity index (χ0n) is 10.6. The van der Waals surface area contributed by atoms with Gasteiger partial charge in [0, 0.05) is 40.0 Å². The topological polar surface area (TPSA) is 51.8 Å². The summed E-state index contributed by atoms with van der Waals surface area (Å²) in [7, 11) is 1.68. The van der Waals surface area contributed by atoms with Gasteiger partial charge in [0.1, 0.15) is 0 Å². The van der Waals surface area contributed by atoms with E-state index in [1.165, 1.54) is 0 Å². The molecule has 0 fully saturated rings. The highest BCUT2D eigenvalue weighted by molar-refractivity contribution is 4.44. The number of rotatable bonds is 13. The second-order valence-corrected chi connectivity index (χ2v) is 3.36. The summed E-state index contributed by atoms with van der Waals surface area (Å²) in [6, 6.07) is 0. The molecule has 0 spiro atoms. The predicted molar refractivity (Wildman–Crippen MR) is 64.4 cm³/mol. The van der Waals surface area contributed by atoms with Crippen LogP contribution in [0.1, 0.15) is 19.8 Å². The molecule has 0 aromatic rings. The van der Waals surface area contributed by atoms with Crippen molar-refractivity contribution in [3.05, 3.63) is 0 Å². The molecule has 0 aromatic carbocycles. The number of methoxy groups -OCH3 is 1. The second-order valence-electron chi connectivity index (χ2n) is 3.36. The summed E-state index contributed by atoms with van der Waals surface area (Å²) < 4.78 is 15.4. The molecule has 0 aliphatic rings. The molecule has 0 aliphatic carbocycles. The van der Waals surface area contributed by atoms with Crippen molar-refractivity contribution in [3.8, 4) is 0 Å². The smallest absolute Gasteiger partial charge is 0.0700 e. The summed E-state index contributed by atoms with van der Waals surface area (Å²) in [6.07, 6.45) is 2.04.